The van der Waals surface area contributed by atoms with Crippen LogP contribution in [0.4, 0.5) is 0 Å². The van der Waals surface area contributed by atoms with Crippen molar-refractivity contribution < 1.29 is 9.68 Å². The van der Waals surface area contributed by atoms with Gasteiger partial charge in [-0.05, 0) is 0 Å². The van der Waals surface area contributed by atoms with Gasteiger partial charge in [0.05, 0.1) is 0 Å². The monoisotopic (exact) mass is 59.0 g/mol. The van der Waals surface area contributed by atoms with Crippen molar-refractivity contribution in [1.29, 1.82) is 0 Å². The van der Waals surface area contributed by atoms with Crippen LogP contribution < -0.4 is 0 Å². The molecule has 0 aromatic carbocycles. The topological polar surface area (TPSA) is 28.1 Å². The van der Waals surface area contributed by atoms with Gasteiger partial charge in [0.1, 0.15) is 0 Å². The second kappa shape index (κ2) is 0.164. The maximum atomic E-state index is 4.42. The molecule has 0 aromatic rings. The number of rotatable bonds is 0. The molecule has 2 saturated heterocycles. The van der Waals surface area contributed by atoms with E-state index in [0.717, 1.165) is 0 Å². The molecule has 2 fully saturated rings. The van der Waals surface area contributed by atoms with Crippen LogP contribution in [-0.4, -0.2) is 11.6 Å². The van der Waals surface area contributed by atoms with E-state index in [2.05, 4.69) is 9.68 Å². The van der Waals surface area contributed by atoms with E-state index in [1.165, 1.54) is 5.23 Å². The third-order valence-electron chi connectivity index (χ3n) is 0.469. The molecule has 4 heavy (non-hydrogen) atoms. The van der Waals surface area contributed by atoms with Crippen molar-refractivity contribution in [2.75, 3.05) is 0 Å². The third kappa shape index (κ3) is 0.0234. The molecule has 0 aliphatic carbocycles. The standard InChI is InChI=1S/CHNO2/c3-1-2(3)4-1/h1H. The Morgan fingerprint density at radius 2 is 1.75 bits per heavy atom. The molecule has 0 radical (unpaired) electrons. The predicted molar refractivity (Wildman–Crippen MR) is 7.80 cm³/mol. The molecular formula is CHNO2. The largest absolute Gasteiger partial charge is 0.305 e. The van der Waals surface area contributed by atoms with Crippen molar-refractivity contribution in [2.24, 2.45) is 0 Å². The van der Waals surface area contributed by atoms with Gasteiger partial charge in [-0.3, -0.25) is 0 Å². The Hall–Kier alpha value is -0.120. The fraction of sp³-hybridized carbons (Fsp3) is 1.00. The van der Waals surface area contributed by atoms with Gasteiger partial charge in [0.2, 0.25) is 0 Å². The van der Waals surface area contributed by atoms with Crippen LogP contribution in [0.1, 0.15) is 0 Å². The summed E-state index contributed by atoms with van der Waals surface area (Å²) in [6, 6.07) is 0. The molecule has 22 valence electrons. The first kappa shape index (κ1) is 1.35. The molecule has 2 aliphatic heterocycles. The lowest BCUT2D eigenvalue weighted by atomic mass is 11.4. The SMILES string of the molecule is O1C2ON12. The molecule has 0 N–H and O–H groups in total. The van der Waals surface area contributed by atoms with Crippen molar-refractivity contribution in [1.82, 2.24) is 5.23 Å². The molecule has 0 unspecified atom stereocenters. The van der Waals surface area contributed by atoms with Gasteiger partial charge >= 0.3 is 6.41 Å². The summed E-state index contributed by atoms with van der Waals surface area (Å²) in [6.07, 6.45) is 0.0833. The zero-order valence-electron chi connectivity index (χ0n) is 1.84. The summed E-state index contributed by atoms with van der Waals surface area (Å²) in [5.74, 6) is 0. The molecule has 0 spiro atoms. The smallest absolute Gasteiger partial charge is 0.215 e. The van der Waals surface area contributed by atoms with E-state index >= 15 is 0 Å². The summed E-state index contributed by atoms with van der Waals surface area (Å²) < 4.78 is 0. The highest BCUT2D eigenvalue weighted by Gasteiger charge is 2.59. The molecular weight excluding hydrogens is 58.0 g/mol. The molecule has 2 rings (SSSR count). The summed E-state index contributed by atoms with van der Waals surface area (Å²) >= 11 is 0. The minimum Gasteiger partial charge on any atom is -0.215 e. The van der Waals surface area contributed by atoms with Crippen molar-refractivity contribution >= 4 is 0 Å². The first-order valence-corrected chi connectivity index (χ1v) is 1.09. The van der Waals surface area contributed by atoms with Crippen LogP contribution in [-0.2, 0) is 9.68 Å². The van der Waals surface area contributed by atoms with Gasteiger partial charge in [-0.25, -0.2) is 9.68 Å². The molecule has 0 saturated carbocycles. The Morgan fingerprint density at radius 3 is 1.75 bits per heavy atom. The lowest BCUT2D eigenvalue weighted by Gasteiger charge is -1.65. The summed E-state index contributed by atoms with van der Waals surface area (Å²) in [4.78, 5) is 8.83. The average Bonchev–Trinajstić information content (AvgIpc) is 1.36. The van der Waals surface area contributed by atoms with Gasteiger partial charge in [-0.15, -0.1) is 0 Å². The zero-order chi connectivity index (χ0) is 2.57. The van der Waals surface area contributed by atoms with E-state index in [1.54, 1.807) is 0 Å². The highest BCUT2D eigenvalue weighted by atomic mass is 17.3. The maximum absolute atomic E-state index is 4.42. The van der Waals surface area contributed by atoms with Gasteiger partial charge in [0.25, 0.3) is 0 Å². The van der Waals surface area contributed by atoms with Crippen LogP contribution in [0.5, 0.6) is 0 Å². The highest BCUT2D eigenvalue weighted by molar-refractivity contribution is 4.51. The van der Waals surface area contributed by atoms with Crippen LogP contribution in [0.15, 0.2) is 0 Å². The molecule has 2 heterocycles. The molecule has 0 bridgehead atoms. The molecule has 3 heteroatoms. The van der Waals surface area contributed by atoms with Gasteiger partial charge in [0.15, 0.2) is 0 Å². The molecule has 0 aromatic heterocycles. The molecule has 0 amide bonds. The Balaban J connectivity index is 2.48. The first-order valence-electron chi connectivity index (χ1n) is 1.09. The highest BCUT2D eigenvalue weighted by Crippen LogP contribution is 2.38. The fourth-order valence-electron chi connectivity index (χ4n) is 0.131. The normalized spacial score (nSPS) is 66.0. The quantitative estimate of drug-likeness (QED) is 0.351. The zero-order valence-corrected chi connectivity index (χ0v) is 1.84. The van der Waals surface area contributed by atoms with E-state index in [0.29, 0.717) is 0 Å². The summed E-state index contributed by atoms with van der Waals surface area (Å²) in [5.41, 5.74) is 0. The van der Waals surface area contributed by atoms with E-state index < -0.39 is 0 Å². The van der Waals surface area contributed by atoms with E-state index in [9.17, 15) is 0 Å². The number of hydrogen-bond acceptors (Lipinski definition) is 3. The number of nitrogens with zero attached hydrogens (tertiary/aromatic N) is 1. The molecule has 0 atom stereocenters. The van der Waals surface area contributed by atoms with Gasteiger partial charge in [-0.1, -0.05) is 0 Å². The van der Waals surface area contributed by atoms with E-state index in [4.69, 9.17) is 0 Å². The Bertz CT molecular complexity index is 42.0. The predicted octanol–water partition coefficient (Wildman–Crippen LogP) is -0.538. The summed E-state index contributed by atoms with van der Waals surface area (Å²) in [7, 11) is 0. The summed E-state index contributed by atoms with van der Waals surface area (Å²) in [5, 5.41) is 1.42. The number of hydrogen-bond donors (Lipinski definition) is 0. The minimum atomic E-state index is 0.0833. The van der Waals surface area contributed by atoms with Crippen LogP contribution in [0, 0.1) is 0 Å². The van der Waals surface area contributed by atoms with E-state index in [-0.39, 0.29) is 6.41 Å². The molecule has 3 nitrogen and oxygen atoms in total. The lowest BCUT2D eigenvalue weighted by Crippen LogP contribution is -1.71. The first-order chi connectivity index (χ1) is 1.97. The maximum Gasteiger partial charge on any atom is 0.305 e. The van der Waals surface area contributed by atoms with Crippen molar-refractivity contribution in [3.8, 4) is 0 Å². The van der Waals surface area contributed by atoms with Crippen molar-refractivity contribution in [2.45, 2.75) is 6.41 Å². The minimum absolute atomic E-state index is 0.0833. The second-order valence-electron chi connectivity index (χ2n) is 0.803. The summed E-state index contributed by atoms with van der Waals surface area (Å²) in [6.45, 7) is 0. The number of hydroxylamine groups is 2. The van der Waals surface area contributed by atoms with Gasteiger partial charge in [-0.2, -0.15) is 0 Å². The van der Waals surface area contributed by atoms with Crippen molar-refractivity contribution in [3.63, 3.8) is 0 Å². The Morgan fingerprint density at radius 1 is 1.50 bits per heavy atom. The average molecular weight is 59.0 g/mol. The second-order valence-corrected chi connectivity index (χ2v) is 0.803. The van der Waals surface area contributed by atoms with E-state index in [1.807, 2.05) is 0 Å². The van der Waals surface area contributed by atoms with Crippen LogP contribution in [0.2, 0.25) is 0 Å². The van der Waals surface area contributed by atoms with Crippen LogP contribution in [0.25, 0.3) is 0 Å². The lowest BCUT2D eigenvalue weighted by molar-refractivity contribution is -0.134. The third-order valence-corrected chi connectivity index (χ3v) is 0.469. The van der Waals surface area contributed by atoms with Crippen molar-refractivity contribution in [3.05, 3.63) is 0 Å². The Labute approximate surface area is 22.6 Å². The van der Waals surface area contributed by atoms with Crippen LogP contribution >= 0.6 is 0 Å². The molecule has 2 aliphatic rings. The number of fused-ring (bicyclic) bond motifs is 1. The van der Waals surface area contributed by atoms with Gasteiger partial charge in [0, 0.05) is 5.23 Å². The van der Waals surface area contributed by atoms with Gasteiger partial charge < -0.3 is 0 Å². The van der Waals surface area contributed by atoms with Crippen LogP contribution in [0.3, 0.4) is 0 Å². The Kier molecular flexibility index (Phi) is 0.0554. The fourth-order valence-corrected chi connectivity index (χ4v) is 0.131.